The maximum Gasteiger partial charge on any atom is 0.224 e. The summed E-state index contributed by atoms with van der Waals surface area (Å²) in [5.41, 5.74) is 2.75. The van der Waals surface area contributed by atoms with E-state index in [4.69, 9.17) is 14.8 Å². The first-order chi connectivity index (χ1) is 16.6. The number of unbranched alkanes of at least 4 members (excludes halogenated alkanes) is 1. The number of morpholine rings is 1. The van der Waals surface area contributed by atoms with Crippen LogP contribution < -0.4 is 10.2 Å². The van der Waals surface area contributed by atoms with E-state index >= 15 is 4.39 Å². The lowest BCUT2D eigenvalue weighted by atomic mass is 9.93. The zero-order chi connectivity index (χ0) is 23.5. The number of halogens is 1. The Morgan fingerprint density at radius 1 is 1.18 bits per heavy atom. The Hall–Kier alpha value is -2.78. The number of fused-ring (bicyclic) bond motifs is 1. The molecule has 1 aliphatic carbocycles. The van der Waals surface area contributed by atoms with Gasteiger partial charge >= 0.3 is 0 Å². The highest BCUT2D eigenvalue weighted by Crippen LogP contribution is 2.35. The fourth-order valence-corrected chi connectivity index (χ4v) is 4.87. The van der Waals surface area contributed by atoms with Gasteiger partial charge < -0.3 is 20.1 Å². The highest BCUT2D eigenvalue weighted by Gasteiger charge is 2.26. The van der Waals surface area contributed by atoms with Crippen LogP contribution in [0.5, 0.6) is 0 Å². The summed E-state index contributed by atoms with van der Waals surface area (Å²) in [4.78, 5) is 11.3. The normalized spacial score (nSPS) is 21.2. The number of aliphatic hydroxyl groups excluding tert-OH is 1. The molecule has 0 amide bonds. The molecule has 182 valence electrons. The smallest absolute Gasteiger partial charge is 0.224 e. The standard InChI is InChI=1S/C25H33FN6O2/c1-2-3-10-27-25-28-16-20-23(30-32(24(20)29-25)18-5-7-19(33)8-6-18)17-4-9-22(21(26)15-17)31-11-13-34-14-12-31/h4,9,15-16,18-19,33H,2-3,5-8,10-14H2,1H3,(H,27,28,29)/t18-,19-. The number of anilines is 2. The molecule has 3 aromatic rings. The maximum absolute atomic E-state index is 15.2. The number of hydrogen-bond acceptors (Lipinski definition) is 7. The van der Waals surface area contributed by atoms with E-state index in [0.717, 1.165) is 56.1 Å². The van der Waals surface area contributed by atoms with Crippen LogP contribution in [0.15, 0.2) is 24.4 Å². The van der Waals surface area contributed by atoms with Crippen molar-refractivity contribution >= 4 is 22.7 Å². The van der Waals surface area contributed by atoms with Gasteiger partial charge in [0.1, 0.15) is 11.5 Å². The Labute approximate surface area is 199 Å². The second-order valence-corrected chi connectivity index (χ2v) is 9.23. The van der Waals surface area contributed by atoms with E-state index in [1.54, 1.807) is 12.3 Å². The van der Waals surface area contributed by atoms with Gasteiger partial charge in [0.15, 0.2) is 5.65 Å². The first-order valence-corrected chi connectivity index (χ1v) is 12.4. The molecule has 1 aromatic carbocycles. The summed E-state index contributed by atoms with van der Waals surface area (Å²) in [6, 6.07) is 5.47. The quantitative estimate of drug-likeness (QED) is 0.504. The van der Waals surface area contributed by atoms with Crippen LogP contribution in [0.3, 0.4) is 0 Å². The largest absolute Gasteiger partial charge is 0.393 e. The molecule has 9 heteroatoms. The summed E-state index contributed by atoms with van der Waals surface area (Å²) >= 11 is 0. The monoisotopic (exact) mass is 468 g/mol. The van der Waals surface area contributed by atoms with Crippen molar-refractivity contribution in [2.24, 2.45) is 0 Å². The topological polar surface area (TPSA) is 88.3 Å². The molecule has 1 saturated heterocycles. The first-order valence-electron chi connectivity index (χ1n) is 12.4. The van der Waals surface area contributed by atoms with Gasteiger partial charge in [-0.2, -0.15) is 10.1 Å². The Balaban J connectivity index is 1.52. The molecule has 2 fully saturated rings. The van der Waals surface area contributed by atoms with Crippen molar-refractivity contribution < 1.29 is 14.2 Å². The lowest BCUT2D eigenvalue weighted by Crippen LogP contribution is -2.36. The van der Waals surface area contributed by atoms with E-state index in [0.29, 0.717) is 49.2 Å². The average Bonchev–Trinajstić information content (AvgIpc) is 3.24. The van der Waals surface area contributed by atoms with Crippen LogP contribution in [0.2, 0.25) is 0 Å². The van der Waals surface area contributed by atoms with E-state index in [2.05, 4.69) is 17.2 Å². The van der Waals surface area contributed by atoms with Crippen LogP contribution >= 0.6 is 0 Å². The third-order valence-corrected chi connectivity index (χ3v) is 6.85. The number of nitrogens with one attached hydrogen (secondary N) is 1. The van der Waals surface area contributed by atoms with Crippen molar-refractivity contribution in [2.45, 2.75) is 57.6 Å². The molecule has 0 unspecified atom stereocenters. The summed E-state index contributed by atoms with van der Waals surface area (Å²) in [6.07, 6.45) is 6.85. The fourth-order valence-electron chi connectivity index (χ4n) is 4.87. The van der Waals surface area contributed by atoms with Gasteiger partial charge in [-0.05, 0) is 44.2 Å². The molecule has 8 nitrogen and oxygen atoms in total. The summed E-state index contributed by atoms with van der Waals surface area (Å²) in [5.74, 6) is 0.319. The summed E-state index contributed by atoms with van der Waals surface area (Å²) < 4.78 is 22.5. The number of aliphatic hydroxyl groups is 1. The zero-order valence-corrected chi connectivity index (χ0v) is 19.7. The van der Waals surface area contributed by atoms with Crippen LogP contribution in [0.1, 0.15) is 51.5 Å². The molecule has 0 radical (unpaired) electrons. The Morgan fingerprint density at radius 2 is 1.97 bits per heavy atom. The van der Waals surface area contributed by atoms with Crippen LogP contribution in [0.25, 0.3) is 22.3 Å². The Bertz CT molecular complexity index is 1120. The number of ether oxygens (including phenoxy) is 1. The second-order valence-electron chi connectivity index (χ2n) is 9.23. The highest BCUT2D eigenvalue weighted by molar-refractivity contribution is 5.91. The van der Waals surface area contributed by atoms with E-state index in [9.17, 15) is 5.11 Å². The van der Waals surface area contributed by atoms with Crippen LogP contribution in [-0.4, -0.2) is 63.8 Å². The van der Waals surface area contributed by atoms with E-state index in [-0.39, 0.29) is 18.0 Å². The molecule has 2 N–H and O–H groups in total. The minimum atomic E-state index is -0.262. The number of nitrogens with zero attached hydrogens (tertiary/aromatic N) is 5. The molecular weight excluding hydrogens is 435 g/mol. The maximum atomic E-state index is 15.2. The molecule has 3 heterocycles. The van der Waals surface area contributed by atoms with Gasteiger partial charge in [-0.15, -0.1) is 0 Å². The Kier molecular flexibility index (Phi) is 6.92. The van der Waals surface area contributed by atoms with E-state index < -0.39 is 0 Å². The van der Waals surface area contributed by atoms with Crippen molar-refractivity contribution in [3.8, 4) is 11.3 Å². The first kappa shape index (κ1) is 23.0. The van der Waals surface area contributed by atoms with Crippen molar-refractivity contribution in [2.75, 3.05) is 43.1 Å². The van der Waals surface area contributed by atoms with Gasteiger partial charge in [0.05, 0.1) is 36.4 Å². The zero-order valence-electron chi connectivity index (χ0n) is 19.7. The average molecular weight is 469 g/mol. The molecule has 2 aromatic heterocycles. The number of hydrogen-bond donors (Lipinski definition) is 2. The van der Waals surface area contributed by atoms with Gasteiger partial charge in [-0.25, -0.2) is 14.1 Å². The van der Waals surface area contributed by atoms with Crippen molar-refractivity contribution in [3.63, 3.8) is 0 Å². The molecular formula is C25H33FN6O2. The van der Waals surface area contributed by atoms with Gasteiger partial charge in [0.2, 0.25) is 5.95 Å². The van der Waals surface area contributed by atoms with Crippen LogP contribution in [0.4, 0.5) is 16.0 Å². The second kappa shape index (κ2) is 10.2. The highest BCUT2D eigenvalue weighted by atomic mass is 19.1. The lowest BCUT2D eigenvalue weighted by molar-refractivity contribution is 0.109. The van der Waals surface area contributed by atoms with Crippen LogP contribution in [0, 0.1) is 5.82 Å². The Morgan fingerprint density at radius 3 is 2.71 bits per heavy atom. The SMILES string of the molecule is CCCCNc1ncc2c(-c3ccc(N4CCOCC4)c(F)c3)nn([C@H]3CC[C@H](O)CC3)c2n1. The van der Waals surface area contributed by atoms with Crippen molar-refractivity contribution in [1.29, 1.82) is 0 Å². The van der Waals surface area contributed by atoms with Crippen molar-refractivity contribution in [1.82, 2.24) is 19.7 Å². The van der Waals surface area contributed by atoms with Crippen molar-refractivity contribution in [3.05, 3.63) is 30.2 Å². The number of rotatable bonds is 7. The summed E-state index contributed by atoms with van der Waals surface area (Å²) in [5, 5.41) is 19.0. The summed E-state index contributed by atoms with van der Waals surface area (Å²) in [7, 11) is 0. The van der Waals surface area contributed by atoms with Gasteiger partial charge in [0.25, 0.3) is 0 Å². The predicted molar refractivity (Wildman–Crippen MR) is 131 cm³/mol. The minimum absolute atomic E-state index is 0.149. The molecule has 2 aliphatic rings. The molecule has 0 atom stereocenters. The molecule has 5 rings (SSSR count). The molecule has 0 bridgehead atoms. The lowest BCUT2D eigenvalue weighted by Gasteiger charge is -2.29. The molecule has 34 heavy (non-hydrogen) atoms. The van der Waals surface area contributed by atoms with Gasteiger partial charge in [-0.1, -0.05) is 19.4 Å². The fraction of sp³-hybridized carbons (Fsp3) is 0.560. The van der Waals surface area contributed by atoms with E-state index in [1.807, 2.05) is 21.7 Å². The minimum Gasteiger partial charge on any atom is -0.393 e. The van der Waals surface area contributed by atoms with Crippen LogP contribution in [-0.2, 0) is 4.74 Å². The summed E-state index contributed by atoms with van der Waals surface area (Å²) in [6.45, 7) is 5.55. The predicted octanol–water partition coefficient (Wildman–Crippen LogP) is 4.16. The molecule has 1 aliphatic heterocycles. The van der Waals surface area contributed by atoms with Gasteiger partial charge in [-0.3, -0.25) is 0 Å². The van der Waals surface area contributed by atoms with Gasteiger partial charge in [0, 0.05) is 31.4 Å². The third-order valence-electron chi connectivity index (χ3n) is 6.85. The molecule has 1 saturated carbocycles. The molecule has 0 spiro atoms. The van der Waals surface area contributed by atoms with E-state index in [1.165, 1.54) is 0 Å². The number of benzene rings is 1. The number of aromatic nitrogens is 4. The third kappa shape index (κ3) is 4.72.